The summed E-state index contributed by atoms with van der Waals surface area (Å²) in [5, 5.41) is 22.9. The van der Waals surface area contributed by atoms with Crippen LogP contribution in [0.5, 0.6) is 0 Å². The third-order valence-corrected chi connectivity index (χ3v) is 6.49. The first-order valence-corrected chi connectivity index (χ1v) is 9.63. The number of aliphatic hydroxyl groups is 1. The molecule has 1 aliphatic heterocycles. The van der Waals surface area contributed by atoms with Gasteiger partial charge in [0.2, 0.25) is 0 Å². The molecule has 8 heteroatoms. The third-order valence-electron chi connectivity index (χ3n) is 4.40. The molecule has 0 aromatic heterocycles. The van der Waals surface area contributed by atoms with Crippen molar-refractivity contribution in [2.75, 3.05) is 6.26 Å². The van der Waals surface area contributed by atoms with E-state index in [2.05, 4.69) is 17.0 Å². The summed E-state index contributed by atoms with van der Waals surface area (Å²) in [5.41, 5.74) is 4.07. The van der Waals surface area contributed by atoms with Crippen LogP contribution in [0.25, 0.3) is 0 Å². The molecular weight excluding hydrogens is 344 g/mol. The molecule has 0 radical (unpaired) electrons. The largest absolute Gasteiger partial charge is 0.392 e. The van der Waals surface area contributed by atoms with E-state index >= 15 is 0 Å². The molecule has 7 nitrogen and oxygen atoms in total. The van der Waals surface area contributed by atoms with Gasteiger partial charge in [-0.1, -0.05) is 23.2 Å². The maximum Gasteiger partial charge on any atom is 0.156 e. The quantitative estimate of drug-likeness (QED) is 0.394. The van der Waals surface area contributed by atoms with E-state index in [0.29, 0.717) is 12.1 Å². The Hall–Kier alpha value is -1.92. The van der Waals surface area contributed by atoms with Crippen molar-refractivity contribution in [2.24, 2.45) is 5.16 Å². The van der Waals surface area contributed by atoms with Crippen molar-refractivity contribution >= 4 is 15.5 Å². The molecule has 0 bridgehead atoms. The van der Waals surface area contributed by atoms with Crippen LogP contribution in [0.15, 0.2) is 29.4 Å². The van der Waals surface area contributed by atoms with Gasteiger partial charge in [0, 0.05) is 24.7 Å². The van der Waals surface area contributed by atoms with E-state index in [-0.39, 0.29) is 6.42 Å². The van der Waals surface area contributed by atoms with Gasteiger partial charge < -0.3 is 15.2 Å². The van der Waals surface area contributed by atoms with E-state index in [1.807, 2.05) is 24.3 Å². The van der Waals surface area contributed by atoms with Crippen molar-refractivity contribution in [3.63, 3.8) is 0 Å². The average Bonchev–Trinajstić information content (AvgIpc) is 3.02. The van der Waals surface area contributed by atoms with E-state index in [4.69, 9.17) is 10.0 Å². The predicted molar refractivity (Wildman–Crippen MR) is 93.8 cm³/mol. The predicted octanol–water partition coefficient (Wildman–Crippen LogP) is 1.04. The fourth-order valence-electron chi connectivity index (χ4n) is 2.65. The van der Waals surface area contributed by atoms with Crippen LogP contribution in [0, 0.1) is 11.8 Å². The normalized spacial score (nSPS) is 20.7. The van der Waals surface area contributed by atoms with Gasteiger partial charge in [0.15, 0.2) is 9.84 Å². The molecule has 25 heavy (non-hydrogen) atoms. The highest BCUT2D eigenvalue weighted by molar-refractivity contribution is 7.92. The second-order valence-electron chi connectivity index (χ2n) is 6.24. The summed E-state index contributed by atoms with van der Waals surface area (Å²) in [6.07, 6.45) is -0.762. The van der Waals surface area contributed by atoms with Crippen molar-refractivity contribution in [3.8, 4) is 11.8 Å². The molecule has 3 N–H and O–H groups in total. The van der Waals surface area contributed by atoms with Crippen molar-refractivity contribution in [2.45, 2.75) is 43.8 Å². The van der Waals surface area contributed by atoms with Gasteiger partial charge in [-0.3, -0.25) is 0 Å². The van der Waals surface area contributed by atoms with Crippen LogP contribution in [-0.4, -0.2) is 47.8 Å². The standard InChI is InChI=1S/C17H22N2O5S/c1-4-5-12-6-8-13(9-7-12)15-10-14(24-19-15)11-17(2,16(20)18-21)25(3,22)23/h6-9,14,16,18,20-21H,10-11H2,1-3H3/t14-,16?,17-/m1/s1. The molecule has 1 aromatic carbocycles. The van der Waals surface area contributed by atoms with Gasteiger partial charge >= 0.3 is 0 Å². The molecule has 0 saturated heterocycles. The lowest BCUT2D eigenvalue weighted by molar-refractivity contribution is -0.0355. The van der Waals surface area contributed by atoms with Gasteiger partial charge in [-0.2, -0.15) is 5.48 Å². The van der Waals surface area contributed by atoms with Gasteiger partial charge in [0.25, 0.3) is 0 Å². The number of oxime groups is 1. The van der Waals surface area contributed by atoms with Crippen LogP contribution in [0.2, 0.25) is 0 Å². The zero-order valence-corrected chi connectivity index (χ0v) is 15.2. The van der Waals surface area contributed by atoms with E-state index in [9.17, 15) is 13.5 Å². The summed E-state index contributed by atoms with van der Waals surface area (Å²) in [5.74, 6) is 5.78. The van der Waals surface area contributed by atoms with Crippen molar-refractivity contribution < 1.29 is 23.6 Å². The SMILES string of the molecule is CC#Cc1ccc(C2=NO[C@@H](C[C@](C)(C(O)NO)S(C)(=O)=O)C2)cc1. The first-order valence-electron chi connectivity index (χ1n) is 7.74. The zero-order chi connectivity index (χ0) is 18.7. The maximum absolute atomic E-state index is 12.1. The van der Waals surface area contributed by atoms with Gasteiger partial charge in [0.05, 0.1) is 5.71 Å². The van der Waals surface area contributed by atoms with Gasteiger partial charge in [-0.05, 0) is 31.5 Å². The number of nitrogens with one attached hydrogen (secondary N) is 1. The minimum atomic E-state index is -3.68. The molecule has 1 unspecified atom stereocenters. The van der Waals surface area contributed by atoms with Gasteiger partial charge in [-0.15, -0.1) is 5.92 Å². The molecular formula is C17H22N2O5S. The van der Waals surface area contributed by atoms with E-state index in [1.165, 1.54) is 6.92 Å². The van der Waals surface area contributed by atoms with E-state index in [1.54, 1.807) is 12.4 Å². The van der Waals surface area contributed by atoms with E-state index < -0.39 is 26.9 Å². The van der Waals surface area contributed by atoms with E-state index in [0.717, 1.165) is 17.4 Å². The Morgan fingerprint density at radius 2 is 2.08 bits per heavy atom. The molecule has 3 atom stereocenters. The number of aliphatic hydroxyl groups excluding tert-OH is 1. The summed E-state index contributed by atoms with van der Waals surface area (Å²) in [4.78, 5) is 5.36. The van der Waals surface area contributed by atoms with Crippen molar-refractivity contribution in [1.82, 2.24) is 5.48 Å². The molecule has 2 rings (SSSR count). The minimum absolute atomic E-state index is 0.0209. The summed E-state index contributed by atoms with van der Waals surface area (Å²) in [7, 11) is -3.68. The Morgan fingerprint density at radius 3 is 2.60 bits per heavy atom. The van der Waals surface area contributed by atoms with Crippen molar-refractivity contribution in [3.05, 3.63) is 35.4 Å². The monoisotopic (exact) mass is 366 g/mol. The first kappa shape index (κ1) is 19.4. The second kappa shape index (κ2) is 7.54. The first-order chi connectivity index (χ1) is 11.7. The summed E-state index contributed by atoms with van der Waals surface area (Å²) < 4.78 is 22.5. The highest BCUT2D eigenvalue weighted by Crippen LogP contribution is 2.31. The lowest BCUT2D eigenvalue weighted by Gasteiger charge is -2.32. The van der Waals surface area contributed by atoms with Gasteiger partial charge in [0.1, 0.15) is 17.1 Å². The molecule has 0 aliphatic carbocycles. The minimum Gasteiger partial charge on any atom is -0.392 e. The zero-order valence-electron chi connectivity index (χ0n) is 14.4. The number of hydrogen-bond acceptors (Lipinski definition) is 7. The summed E-state index contributed by atoms with van der Waals surface area (Å²) in [6.45, 7) is 3.12. The fraction of sp³-hybridized carbons (Fsp3) is 0.471. The Labute approximate surface area is 147 Å². The van der Waals surface area contributed by atoms with Crippen molar-refractivity contribution in [1.29, 1.82) is 0 Å². The Morgan fingerprint density at radius 1 is 1.44 bits per heavy atom. The highest BCUT2D eigenvalue weighted by Gasteiger charge is 2.46. The average molecular weight is 366 g/mol. The summed E-state index contributed by atoms with van der Waals surface area (Å²) in [6, 6.07) is 7.51. The number of sulfone groups is 1. The Bertz CT molecular complexity index is 808. The second-order valence-corrected chi connectivity index (χ2v) is 8.72. The smallest absolute Gasteiger partial charge is 0.156 e. The Balaban J connectivity index is 2.11. The fourth-order valence-corrected chi connectivity index (χ4v) is 3.60. The molecule has 1 aromatic rings. The van der Waals surface area contributed by atoms with Gasteiger partial charge in [-0.25, -0.2) is 8.42 Å². The van der Waals surface area contributed by atoms with Crippen LogP contribution in [0.3, 0.4) is 0 Å². The number of benzene rings is 1. The van der Waals surface area contributed by atoms with Crippen LogP contribution in [-0.2, 0) is 14.7 Å². The van der Waals surface area contributed by atoms with Crippen LogP contribution < -0.4 is 5.48 Å². The molecule has 1 heterocycles. The Kier molecular flexibility index (Phi) is 5.85. The topological polar surface area (TPSA) is 108 Å². The van der Waals surface area contributed by atoms with Crippen LogP contribution in [0.1, 0.15) is 37.8 Å². The maximum atomic E-state index is 12.1. The summed E-state index contributed by atoms with van der Waals surface area (Å²) >= 11 is 0. The molecule has 0 spiro atoms. The highest BCUT2D eigenvalue weighted by atomic mass is 32.2. The van der Waals surface area contributed by atoms with Crippen LogP contribution in [0.4, 0.5) is 0 Å². The molecule has 0 saturated carbocycles. The van der Waals surface area contributed by atoms with Crippen LogP contribution >= 0.6 is 0 Å². The molecule has 1 aliphatic rings. The number of hydroxylamine groups is 1. The molecule has 136 valence electrons. The number of nitrogens with zero attached hydrogens (tertiary/aromatic N) is 1. The lowest BCUT2D eigenvalue weighted by Crippen LogP contribution is -2.54. The molecule has 0 amide bonds. The number of hydrogen-bond donors (Lipinski definition) is 3. The molecule has 0 fully saturated rings. The number of rotatable bonds is 6. The third kappa shape index (κ3) is 4.19. The lowest BCUT2D eigenvalue weighted by atomic mass is 9.96.